The molecule has 1 heterocycles. The van der Waals surface area contributed by atoms with E-state index >= 15 is 0 Å². The Morgan fingerprint density at radius 1 is 1.09 bits per heavy atom. The lowest BCUT2D eigenvalue weighted by molar-refractivity contribution is -0.125. The Morgan fingerprint density at radius 2 is 1.83 bits per heavy atom. The third-order valence-corrected chi connectivity index (χ3v) is 6.95. The van der Waals surface area contributed by atoms with Crippen LogP contribution in [0.25, 0.3) is 0 Å². The largest absolute Gasteiger partial charge is 0.353 e. The Balaban J connectivity index is 1.61. The molecule has 0 bridgehead atoms. The summed E-state index contributed by atoms with van der Waals surface area (Å²) in [6.07, 6.45) is 5.94. The molecule has 23 heavy (non-hydrogen) atoms. The fraction of sp³-hybridized carbons (Fsp3) is 0.611. The lowest BCUT2D eigenvalue weighted by atomic mass is 9.80. The van der Waals surface area contributed by atoms with E-state index in [-0.39, 0.29) is 29.4 Å². The average Bonchev–Trinajstić information content (AvgIpc) is 2.90. The van der Waals surface area contributed by atoms with E-state index in [0.29, 0.717) is 12.3 Å². The quantitative estimate of drug-likeness (QED) is 0.918. The summed E-state index contributed by atoms with van der Waals surface area (Å²) in [6.45, 7) is 0. The van der Waals surface area contributed by atoms with Gasteiger partial charge in [0.1, 0.15) is 0 Å². The van der Waals surface area contributed by atoms with Gasteiger partial charge in [-0.05, 0) is 37.2 Å². The number of rotatable bonds is 4. The molecule has 4 nitrogen and oxygen atoms in total. The summed E-state index contributed by atoms with van der Waals surface area (Å²) in [6, 6.07) is 10.6. The van der Waals surface area contributed by atoms with Gasteiger partial charge < -0.3 is 5.32 Å². The van der Waals surface area contributed by atoms with Crippen LogP contribution in [0.3, 0.4) is 0 Å². The van der Waals surface area contributed by atoms with Gasteiger partial charge in [0.2, 0.25) is 5.91 Å². The number of sulfone groups is 1. The van der Waals surface area contributed by atoms with Crippen molar-refractivity contribution in [1.82, 2.24) is 5.32 Å². The number of carbonyl (C=O) groups is 1. The van der Waals surface area contributed by atoms with Crippen LogP contribution >= 0.6 is 0 Å². The number of nitrogens with one attached hydrogen (secondary N) is 1. The fourth-order valence-corrected chi connectivity index (χ4v) is 5.60. The maximum Gasteiger partial charge on any atom is 0.224 e. The molecule has 0 aromatic heterocycles. The molecule has 3 atom stereocenters. The minimum absolute atomic E-state index is 0.0227. The van der Waals surface area contributed by atoms with Crippen LogP contribution in [0, 0.1) is 11.8 Å². The van der Waals surface area contributed by atoms with E-state index in [1.165, 1.54) is 12.0 Å². The summed E-state index contributed by atoms with van der Waals surface area (Å²) >= 11 is 0. The van der Waals surface area contributed by atoms with Gasteiger partial charge >= 0.3 is 0 Å². The van der Waals surface area contributed by atoms with Crippen LogP contribution in [0.15, 0.2) is 30.3 Å². The summed E-state index contributed by atoms with van der Waals surface area (Å²) in [5.74, 6) is 0.224. The van der Waals surface area contributed by atoms with Gasteiger partial charge in [0.15, 0.2) is 9.84 Å². The highest BCUT2D eigenvalue weighted by atomic mass is 32.2. The summed E-state index contributed by atoms with van der Waals surface area (Å²) in [5, 5.41) is 3.17. The van der Waals surface area contributed by atoms with Crippen LogP contribution in [-0.4, -0.2) is 31.9 Å². The van der Waals surface area contributed by atoms with Crippen LogP contribution in [0.4, 0.5) is 0 Å². The first-order valence-corrected chi connectivity index (χ1v) is 10.4. The Morgan fingerprint density at radius 3 is 2.52 bits per heavy atom. The molecule has 1 saturated heterocycles. The van der Waals surface area contributed by atoms with Crippen molar-refractivity contribution >= 4 is 15.7 Å². The van der Waals surface area contributed by atoms with Crippen molar-refractivity contribution in [2.24, 2.45) is 11.8 Å². The Labute approximate surface area is 138 Å². The molecule has 0 unspecified atom stereocenters. The highest BCUT2D eigenvalue weighted by Crippen LogP contribution is 2.28. The predicted molar refractivity (Wildman–Crippen MR) is 90.8 cm³/mol. The molecule has 2 aliphatic rings. The highest BCUT2D eigenvalue weighted by Gasteiger charge is 2.35. The van der Waals surface area contributed by atoms with Gasteiger partial charge in [0, 0.05) is 6.04 Å². The third-order valence-electron chi connectivity index (χ3n) is 5.18. The van der Waals surface area contributed by atoms with Gasteiger partial charge in [-0.2, -0.15) is 0 Å². The number of benzene rings is 1. The number of hydrogen-bond acceptors (Lipinski definition) is 3. The zero-order valence-corrected chi connectivity index (χ0v) is 14.2. The monoisotopic (exact) mass is 335 g/mol. The topological polar surface area (TPSA) is 63.2 Å². The van der Waals surface area contributed by atoms with E-state index in [9.17, 15) is 13.2 Å². The normalized spacial score (nSPS) is 30.0. The molecule has 3 rings (SSSR count). The molecule has 1 amide bonds. The SMILES string of the molecule is O=C(N[C@@H]1CCCC[C@@H]1Cc1ccccc1)[C@H]1CCS(=O)(=O)C1. The summed E-state index contributed by atoms with van der Waals surface area (Å²) in [4.78, 5) is 12.4. The molecule has 1 saturated carbocycles. The van der Waals surface area contributed by atoms with Crippen molar-refractivity contribution < 1.29 is 13.2 Å². The second-order valence-electron chi connectivity index (χ2n) is 6.95. The number of carbonyl (C=O) groups excluding carboxylic acids is 1. The van der Waals surface area contributed by atoms with Crippen molar-refractivity contribution in [3.63, 3.8) is 0 Å². The van der Waals surface area contributed by atoms with Crippen molar-refractivity contribution in [3.05, 3.63) is 35.9 Å². The molecule has 1 aromatic rings. The van der Waals surface area contributed by atoms with E-state index in [0.717, 1.165) is 25.7 Å². The lowest BCUT2D eigenvalue weighted by Crippen LogP contribution is -2.45. The van der Waals surface area contributed by atoms with E-state index in [1.807, 2.05) is 6.07 Å². The Bertz CT molecular complexity index is 641. The van der Waals surface area contributed by atoms with Gasteiger partial charge in [-0.15, -0.1) is 0 Å². The minimum atomic E-state index is -3.00. The second kappa shape index (κ2) is 7.04. The molecule has 1 aliphatic heterocycles. The predicted octanol–water partition coefficient (Wildman–Crippen LogP) is 2.34. The van der Waals surface area contributed by atoms with E-state index in [4.69, 9.17) is 0 Å². The van der Waals surface area contributed by atoms with Crippen molar-refractivity contribution in [1.29, 1.82) is 0 Å². The zero-order chi connectivity index (χ0) is 16.3. The fourth-order valence-electron chi connectivity index (χ4n) is 3.86. The maximum atomic E-state index is 12.4. The van der Waals surface area contributed by atoms with Crippen LogP contribution in [-0.2, 0) is 21.1 Å². The molecule has 5 heteroatoms. The molecule has 2 fully saturated rings. The average molecular weight is 335 g/mol. The molecular formula is C18H25NO3S. The van der Waals surface area contributed by atoms with Gasteiger partial charge in [-0.1, -0.05) is 43.2 Å². The Hall–Kier alpha value is -1.36. The first-order valence-electron chi connectivity index (χ1n) is 8.58. The van der Waals surface area contributed by atoms with Crippen LogP contribution in [0.2, 0.25) is 0 Å². The molecule has 1 aliphatic carbocycles. The smallest absolute Gasteiger partial charge is 0.224 e. The first-order chi connectivity index (χ1) is 11.0. The molecule has 0 radical (unpaired) electrons. The summed E-state index contributed by atoms with van der Waals surface area (Å²) in [7, 11) is -3.00. The van der Waals surface area contributed by atoms with Gasteiger partial charge in [0.25, 0.3) is 0 Å². The molecule has 126 valence electrons. The molecule has 1 N–H and O–H groups in total. The number of amides is 1. The summed E-state index contributed by atoms with van der Waals surface area (Å²) < 4.78 is 23.1. The van der Waals surface area contributed by atoms with Gasteiger partial charge in [0.05, 0.1) is 17.4 Å². The maximum absolute atomic E-state index is 12.4. The molecule has 1 aromatic carbocycles. The van der Waals surface area contributed by atoms with Crippen molar-refractivity contribution in [3.8, 4) is 0 Å². The van der Waals surface area contributed by atoms with Crippen LogP contribution < -0.4 is 5.32 Å². The first kappa shape index (κ1) is 16.5. The van der Waals surface area contributed by atoms with E-state index in [1.54, 1.807) is 0 Å². The van der Waals surface area contributed by atoms with Crippen molar-refractivity contribution in [2.75, 3.05) is 11.5 Å². The third kappa shape index (κ3) is 4.34. The lowest BCUT2D eigenvalue weighted by Gasteiger charge is -2.33. The minimum Gasteiger partial charge on any atom is -0.353 e. The highest BCUT2D eigenvalue weighted by molar-refractivity contribution is 7.91. The molecule has 0 spiro atoms. The van der Waals surface area contributed by atoms with Gasteiger partial charge in [-0.3, -0.25) is 4.79 Å². The van der Waals surface area contributed by atoms with Crippen LogP contribution in [0.5, 0.6) is 0 Å². The Kier molecular flexibility index (Phi) is 5.05. The van der Waals surface area contributed by atoms with Crippen LogP contribution in [0.1, 0.15) is 37.7 Å². The van der Waals surface area contributed by atoms with E-state index < -0.39 is 9.84 Å². The standard InChI is InChI=1S/C18H25NO3S/c20-18(16-10-11-23(21,22)13-16)19-17-9-5-4-8-15(17)12-14-6-2-1-3-7-14/h1-3,6-7,15-17H,4-5,8-13H2,(H,19,20)/t15-,16+,17-/m1/s1. The second-order valence-corrected chi connectivity index (χ2v) is 9.18. The molecular weight excluding hydrogens is 310 g/mol. The van der Waals surface area contributed by atoms with Crippen molar-refractivity contribution in [2.45, 2.75) is 44.6 Å². The van der Waals surface area contributed by atoms with Gasteiger partial charge in [-0.25, -0.2) is 8.42 Å². The number of hydrogen-bond donors (Lipinski definition) is 1. The van der Waals surface area contributed by atoms with E-state index in [2.05, 4.69) is 29.6 Å². The zero-order valence-electron chi connectivity index (χ0n) is 13.4. The summed E-state index contributed by atoms with van der Waals surface area (Å²) in [5.41, 5.74) is 1.31.